The zero-order valence-electron chi connectivity index (χ0n) is 14.0. The maximum atomic E-state index is 10.8. The molecule has 133 valence electrons. The van der Waals surface area contributed by atoms with Gasteiger partial charge < -0.3 is 5.11 Å². The maximum Gasteiger partial charge on any atom is 0.355 e. The molecule has 0 fully saturated rings. The molecule has 0 saturated heterocycles. The van der Waals surface area contributed by atoms with Gasteiger partial charge in [-0.1, -0.05) is 31.2 Å². The van der Waals surface area contributed by atoms with E-state index in [2.05, 4.69) is 23.1 Å². The van der Waals surface area contributed by atoms with Crippen LogP contribution in [0.4, 0.5) is 0 Å². The topological polar surface area (TPSA) is 68.0 Å². The van der Waals surface area contributed by atoms with Crippen LogP contribution in [-0.2, 0) is 20.1 Å². The molecular weight excluding hydrogens is 506 g/mol. The van der Waals surface area contributed by atoms with Crippen LogP contribution in [0.25, 0.3) is 16.5 Å². The first-order chi connectivity index (χ1) is 12.1. The molecule has 5 nitrogen and oxygen atoms in total. The van der Waals surface area contributed by atoms with Gasteiger partial charge in [-0.15, -0.1) is 6.07 Å². The molecule has 1 N–H and O–H groups in total. The molecule has 0 aliphatic heterocycles. The summed E-state index contributed by atoms with van der Waals surface area (Å²) in [6, 6.07) is 20.1. The molecule has 0 aliphatic carbocycles. The van der Waals surface area contributed by atoms with Gasteiger partial charge in [0.1, 0.15) is 0 Å². The van der Waals surface area contributed by atoms with E-state index in [1.165, 1.54) is 11.8 Å². The van der Waals surface area contributed by atoms with E-state index in [1.807, 2.05) is 42.6 Å². The van der Waals surface area contributed by atoms with Crippen LogP contribution < -0.4 is 0 Å². The molecule has 0 atom stereocenters. The monoisotopic (exact) mass is 523 g/mol. The van der Waals surface area contributed by atoms with Crippen LogP contribution in [0.5, 0.6) is 0 Å². The van der Waals surface area contributed by atoms with Crippen molar-refractivity contribution < 1.29 is 30.0 Å². The fraction of sp³-hybridized carbons (Fsp3) is 0.0500. The molecule has 0 unspecified atom stereocenters. The summed E-state index contributed by atoms with van der Waals surface area (Å²) >= 11 is 0. The number of nitrogens with zero attached hydrogens (tertiary/aromatic N) is 3. The Bertz CT molecular complexity index is 996. The number of benzene rings is 2. The quantitative estimate of drug-likeness (QED) is 0.406. The zero-order valence-corrected chi connectivity index (χ0v) is 16.4. The molecule has 4 aromatic rings. The van der Waals surface area contributed by atoms with Crippen LogP contribution in [0.1, 0.15) is 16.1 Å². The minimum atomic E-state index is -0.989. The van der Waals surface area contributed by atoms with Gasteiger partial charge in [0.2, 0.25) is 0 Å². The molecule has 6 heteroatoms. The third kappa shape index (κ3) is 4.63. The standard InChI is InChI=1S/C10H9N2.C10H7NO2.Ir/c1-9-4-2-5-10(8-9)12-7-3-6-11-12;12-10(13)9-8-4-2-1-3-7(8)5-6-11-9;/h2-4,6-8H,1H3;1-6H,(H,12,13);/q-1;;. The van der Waals surface area contributed by atoms with Crippen molar-refractivity contribution in [2.75, 3.05) is 0 Å². The largest absolute Gasteiger partial charge is 0.476 e. The van der Waals surface area contributed by atoms with Gasteiger partial charge in [0.25, 0.3) is 0 Å². The predicted molar refractivity (Wildman–Crippen MR) is 95.8 cm³/mol. The van der Waals surface area contributed by atoms with E-state index in [0.29, 0.717) is 5.39 Å². The van der Waals surface area contributed by atoms with Crippen molar-refractivity contribution in [3.63, 3.8) is 0 Å². The van der Waals surface area contributed by atoms with Gasteiger partial charge in [0, 0.05) is 44.1 Å². The number of aromatic carboxylic acids is 1. The van der Waals surface area contributed by atoms with Crippen LogP contribution in [0.15, 0.2) is 73.2 Å². The minimum absolute atomic E-state index is 0. The van der Waals surface area contributed by atoms with E-state index < -0.39 is 5.97 Å². The first kappa shape index (κ1) is 19.5. The number of fused-ring (bicyclic) bond motifs is 1. The van der Waals surface area contributed by atoms with E-state index in [1.54, 1.807) is 29.1 Å². The molecule has 26 heavy (non-hydrogen) atoms. The van der Waals surface area contributed by atoms with E-state index in [9.17, 15) is 4.79 Å². The molecule has 0 bridgehead atoms. The number of rotatable bonds is 2. The normalized spacial score (nSPS) is 9.73. The van der Waals surface area contributed by atoms with Gasteiger partial charge in [-0.3, -0.25) is 4.68 Å². The summed E-state index contributed by atoms with van der Waals surface area (Å²) in [6.45, 7) is 2.06. The van der Waals surface area contributed by atoms with E-state index in [4.69, 9.17) is 5.11 Å². The van der Waals surface area contributed by atoms with Crippen LogP contribution >= 0.6 is 0 Å². The summed E-state index contributed by atoms with van der Waals surface area (Å²) in [6.07, 6.45) is 5.17. The maximum absolute atomic E-state index is 10.8. The summed E-state index contributed by atoms with van der Waals surface area (Å²) in [5.74, 6) is -0.989. The number of hydrogen-bond donors (Lipinski definition) is 1. The summed E-state index contributed by atoms with van der Waals surface area (Å²) in [4.78, 5) is 14.6. The summed E-state index contributed by atoms with van der Waals surface area (Å²) in [7, 11) is 0. The van der Waals surface area contributed by atoms with E-state index in [-0.39, 0.29) is 25.8 Å². The molecule has 2 heterocycles. The minimum Gasteiger partial charge on any atom is -0.476 e. The van der Waals surface area contributed by atoms with Crippen molar-refractivity contribution in [1.82, 2.24) is 14.8 Å². The Morgan fingerprint density at radius 2 is 1.92 bits per heavy atom. The second kappa shape index (κ2) is 9.04. The van der Waals surface area contributed by atoms with Gasteiger partial charge >= 0.3 is 5.97 Å². The van der Waals surface area contributed by atoms with Crippen molar-refractivity contribution in [2.45, 2.75) is 6.92 Å². The second-order valence-corrected chi connectivity index (χ2v) is 5.39. The molecule has 4 rings (SSSR count). The van der Waals surface area contributed by atoms with Gasteiger partial charge in [0.15, 0.2) is 5.69 Å². The van der Waals surface area contributed by atoms with Gasteiger partial charge in [0.05, 0.1) is 0 Å². The van der Waals surface area contributed by atoms with Gasteiger partial charge in [-0.05, 0) is 23.2 Å². The Morgan fingerprint density at radius 3 is 2.62 bits per heavy atom. The number of aryl methyl sites for hydroxylation is 1. The van der Waals surface area contributed by atoms with E-state index >= 15 is 0 Å². The predicted octanol–water partition coefficient (Wildman–Crippen LogP) is 3.91. The summed E-state index contributed by atoms with van der Waals surface area (Å²) in [5.41, 5.74) is 2.32. The smallest absolute Gasteiger partial charge is 0.355 e. The first-order valence-corrected chi connectivity index (χ1v) is 7.70. The Morgan fingerprint density at radius 1 is 1.12 bits per heavy atom. The Balaban J connectivity index is 0.000000180. The third-order valence-electron chi connectivity index (χ3n) is 3.57. The second-order valence-electron chi connectivity index (χ2n) is 5.39. The molecule has 0 spiro atoms. The van der Waals surface area contributed by atoms with Crippen LogP contribution in [-0.4, -0.2) is 25.8 Å². The van der Waals surface area contributed by atoms with Crippen molar-refractivity contribution in [2.24, 2.45) is 0 Å². The zero-order chi connectivity index (χ0) is 17.6. The number of pyridine rings is 1. The molecule has 2 aromatic heterocycles. The fourth-order valence-electron chi connectivity index (χ4n) is 2.40. The molecule has 0 amide bonds. The number of carboxylic acid groups (broad SMARTS) is 1. The molecule has 2 aromatic carbocycles. The number of aromatic nitrogens is 3. The van der Waals surface area contributed by atoms with Crippen LogP contribution in [0, 0.1) is 13.0 Å². The van der Waals surface area contributed by atoms with E-state index in [0.717, 1.165) is 11.1 Å². The van der Waals surface area contributed by atoms with Crippen molar-refractivity contribution >= 4 is 16.7 Å². The SMILES string of the molecule is Cc1cc[c-]c(-n2cccn2)c1.O=C(O)c1nccc2ccccc12.[Ir]. The van der Waals surface area contributed by atoms with Crippen LogP contribution in [0.3, 0.4) is 0 Å². The molecule has 0 saturated carbocycles. The number of hydrogen-bond acceptors (Lipinski definition) is 3. The van der Waals surface area contributed by atoms with Crippen molar-refractivity contribution in [3.8, 4) is 5.69 Å². The van der Waals surface area contributed by atoms with Crippen molar-refractivity contribution in [1.29, 1.82) is 0 Å². The molecular formula is C20H16IrN3O2-. The van der Waals surface area contributed by atoms with Gasteiger partial charge in [-0.2, -0.15) is 28.9 Å². The Hall–Kier alpha value is -2.82. The third-order valence-corrected chi connectivity index (χ3v) is 3.57. The van der Waals surface area contributed by atoms with Crippen molar-refractivity contribution in [3.05, 3.63) is 90.5 Å². The molecule has 0 aliphatic rings. The Labute approximate surface area is 164 Å². The Kier molecular flexibility index (Phi) is 6.78. The summed E-state index contributed by atoms with van der Waals surface area (Å²) < 4.78 is 1.80. The summed E-state index contributed by atoms with van der Waals surface area (Å²) in [5, 5.41) is 14.5. The number of carbonyl (C=O) groups is 1. The molecule has 1 radical (unpaired) electrons. The fourth-order valence-corrected chi connectivity index (χ4v) is 2.40. The number of carboxylic acids is 1. The average Bonchev–Trinajstić information content (AvgIpc) is 3.16. The average molecular weight is 523 g/mol. The van der Waals surface area contributed by atoms with Gasteiger partial charge in [-0.25, -0.2) is 9.78 Å². The van der Waals surface area contributed by atoms with Crippen LogP contribution in [0.2, 0.25) is 0 Å². The first-order valence-electron chi connectivity index (χ1n) is 7.70.